The summed E-state index contributed by atoms with van der Waals surface area (Å²) in [5.41, 5.74) is 11.3. The summed E-state index contributed by atoms with van der Waals surface area (Å²) < 4.78 is 2.45. The van der Waals surface area contributed by atoms with E-state index in [1.807, 2.05) is 24.3 Å². The number of para-hydroxylation sites is 1. The van der Waals surface area contributed by atoms with Crippen molar-refractivity contribution in [1.82, 2.24) is 4.57 Å². The predicted molar refractivity (Wildman–Crippen MR) is 267 cm³/mol. The van der Waals surface area contributed by atoms with Gasteiger partial charge in [0.05, 0.1) is 22.7 Å². The van der Waals surface area contributed by atoms with Gasteiger partial charge in [-0.25, -0.2) is 0 Å². The molecule has 0 N–H and O–H groups in total. The van der Waals surface area contributed by atoms with E-state index in [2.05, 4.69) is 205 Å². The highest BCUT2D eigenvalue weighted by Gasteiger charge is 2.20. The number of benzene rings is 12. The second-order valence-electron chi connectivity index (χ2n) is 16.7. The number of aromatic nitrogens is 1. The molecule has 63 heavy (non-hydrogen) atoms. The van der Waals surface area contributed by atoms with Crippen LogP contribution in [-0.4, -0.2) is 4.57 Å². The summed E-state index contributed by atoms with van der Waals surface area (Å²) in [4.78, 5) is 0. The molecule has 0 aliphatic heterocycles. The van der Waals surface area contributed by atoms with Crippen LogP contribution in [0.3, 0.4) is 0 Å². The number of nitriles is 1. The number of rotatable bonds is 4. The smallest absolute Gasteiger partial charge is 0.0991 e. The molecular formula is C61H36N2. The van der Waals surface area contributed by atoms with Gasteiger partial charge in [0.25, 0.3) is 0 Å². The van der Waals surface area contributed by atoms with Gasteiger partial charge < -0.3 is 4.57 Å². The molecule has 13 aromatic rings. The fourth-order valence-electron chi connectivity index (χ4n) is 10.5. The summed E-state index contributed by atoms with van der Waals surface area (Å²) in [6.07, 6.45) is 0. The van der Waals surface area contributed by atoms with E-state index in [1.54, 1.807) is 0 Å². The van der Waals surface area contributed by atoms with Crippen molar-refractivity contribution in [2.75, 3.05) is 0 Å². The Kier molecular flexibility index (Phi) is 7.70. The van der Waals surface area contributed by atoms with Crippen molar-refractivity contribution < 1.29 is 0 Å². The van der Waals surface area contributed by atoms with E-state index in [0.29, 0.717) is 5.56 Å². The van der Waals surface area contributed by atoms with E-state index in [-0.39, 0.29) is 0 Å². The predicted octanol–water partition coefficient (Wildman–Crippen LogP) is 16.6. The highest BCUT2D eigenvalue weighted by molar-refractivity contribution is 6.30. The third kappa shape index (κ3) is 5.37. The fraction of sp³-hybridized carbons (Fsp3) is 0. The van der Waals surface area contributed by atoms with Crippen LogP contribution in [-0.2, 0) is 0 Å². The van der Waals surface area contributed by atoms with Crippen LogP contribution in [0.2, 0.25) is 0 Å². The van der Waals surface area contributed by atoms with Crippen LogP contribution < -0.4 is 0 Å². The van der Waals surface area contributed by atoms with Gasteiger partial charge >= 0.3 is 0 Å². The van der Waals surface area contributed by atoms with Gasteiger partial charge in [-0.3, -0.25) is 0 Å². The summed E-state index contributed by atoms with van der Waals surface area (Å²) >= 11 is 0. The maximum absolute atomic E-state index is 9.32. The zero-order valence-corrected chi connectivity index (χ0v) is 34.2. The summed E-state index contributed by atoms with van der Waals surface area (Å²) in [5, 5.41) is 26.8. The summed E-state index contributed by atoms with van der Waals surface area (Å²) in [5.74, 6) is 0. The Hall–Kier alpha value is -8.51. The largest absolute Gasteiger partial charge is 0.309 e. The lowest BCUT2D eigenvalue weighted by molar-refractivity contribution is 1.18. The molecule has 0 unspecified atom stereocenters. The molecule has 0 aliphatic carbocycles. The maximum atomic E-state index is 9.32. The minimum atomic E-state index is 0.667. The Labute approximate surface area is 363 Å². The number of hydrogen-bond donors (Lipinski definition) is 0. The third-order valence-electron chi connectivity index (χ3n) is 13.3. The lowest BCUT2D eigenvalue weighted by Gasteiger charge is -2.19. The highest BCUT2D eigenvalue weighted by Crippen LogP contribution is 2.47. The lowest BCUT2D eigenvalue weighted by Crippen LogP contribution is -1.94. The van der Waals surface area contributed by atoms with Crippen molar-refractivity contribution in [1.29, 1.82) is 5.26 Å². The lowest BCUT2D eigenvalue weighted by atomic mass is 9.84. The molecule has 13 rings (SSSR count). The standard InChI is InChI=1S/C61H36N2/c62-37-38-22-24-39(25-23-38)40-26-28-41(29-27-40)60-49-18-8-10-20-51(49)61(52-21-11-9-19-50(52)60)44-30-31-48-53(33-44)46-16-6-7-17-47(46)55-36-59-57(35-54(48)55)56-32-42-12-4-5-13-43(42)34-58(56)63(59)45-14-2-1-3-15-45/h1-36H. The van der Waals surface area contributed by atoms with Crippen LogP contribution in [0, 0.1) is 11.3 Å². The Morgan fingerprint density at radius 2 is 0.714 bits per heavy atom. The first-order chi connectivity index (χ1) is 31.2. The Morgan fingerprint density at radius 1 is 0.286 bits per heavy atom. The van der Waals surface area contributed by atoms with Gasteiger partial charge in [0.2, 0.25) is 0 Å². The van der Waals surface area contributed by atoms with E-state index < -0.39 is 0 Å². The topological polar surface area (TPSA) is 28.7 Å². The highest BCUT2D eigenvalue weighted by atomic mass is 15.0. The molecule has 2 heteroatoms. The monoisotopic (exact) mass is 796 g/mol. The van der Waals surface area contributed by atoms with Crippen LogP contribution in [0.4, 0.5) is 0 Å². The molecule has 0 atom stereocenters. The molecule has 1 aromatic heterocycles. The Bertz CT molecular complexity index is 4000. The molecule has 1 heterocycles. The van der Waals surface area contributed by atoms with Gasteiger partial charge in [0.15, 0.2) is 0 Å². The van der Waals surface area contributed by atoms with E-state index in [0.717, 1.165) is 16.8 Å². The van der Waals surface area contributed by atoms with Crippen molar-refractivity contribution in [2.24, 2.45) is 0 Å². The molecule has 12 aromatic carbocycles. The van der Waals surface area contributed by atoms with Crippen molar-refractivity contribution in [3.8, 4) is 45.1 Å². The third-order valence-corrected chi connectivity index (χ3v) is 13.3. The van der Waals surface area contributed by atoms with Gasteiger partial charge in [-0.1, -0.05) is 164 Å². The zero-order valence-electron chi connectivity index (χ0n) is 34.2. The number of nitrogens with zero attached hydrogens (tertiary/aromatic N) is 2. The van der Waals surface area contributed by atoms with E-state index in [9.17, 15) is 5.26 Å². The first-order valence-electron chi connectivity index (χ1n) is 21.6. The molecular weight excluding hydrogens is 761 g/mol. The molecule has 290 valence electrons. The van der Waals surface area contributed by atoms with Crippen molar-refractivity contribution in [2.45, 2.75) is 0 Å². The van der Waals surface area contributed by atoms with E-state index >= 15 is 0 Å². The van der Waals surface area contributed by atoms with Crippen LogP contribution in [0.25, 0.3) is 126 Å². The van der Waals surface area contributed by atoms with Crippen molar-refractivity contribution >= 4 is 86.4 Å². The second kappa shape index (κ2) is 13.8. The van der Waals surface area contributed by atoms with Crippen molar-refractivity contribution in [3.63, 3.8) is 0 Å². The maximum Gasteiger partial charge on any atom is 0.0991 e. The molecule has 0 saturated carbocycles. The average Bonchev–Trinajstić information content (AvgIpc) is 3.66. The van der Waals surface area contributed by atoms with Crippen LogP contribution in [0.5, 0.6) is 0 Å². The minimum absolute atomic E-state index is 0.667. The normalized spacial score (nSPS) is 11.8. The summed E-state index contributed by atoms with van der Waals surface area (Å²) in [6.45, 7) is 0. The molecule has 0 aliphatic rings. The summed E-state index contributed by atoms with van der Waals surface area (Å²) in [7, 11) is 0. The van der Waals surface area contributed by atoms with E-state index in [4.69, 9.17) is 0 Å². The first-order valence-corrected chi connectivity index (χ1v) is 21.6. The van der Waals surface area contributed by atoms with Crippen LogP contribution in [0.15, 0.2) is 218 Å². The summed E-state index contributed by atoms with van der Waals surface area (Å²) in [6, 6.07) is 82.0. The average molecular weight is 797 g/mol. The fourth-order valence-corrected chi connectivity index (χ4v) is 10.5. The molecule has 0 bridgehead atoms. The van der Waals surface area contributed by atoms with Gasteiger partial charge in [0.1, 0.15) is 0 Å². The molecule has 2 nitrogen and oxygen atoms in total. The first kappa shape index (κ1) is 35.3. The van der Waals surface area contributed by atoms with Gasteiger partial charge in [0, 0.05) is 16.5 Å². The SMILES string of the molecule is N#Cc1ccc(-c2ccc(-c3c4ccccc4c(-c4ccc5c(c4)c4ccccc4c4cc6c(cc54)c4cc5ccccc5cc4n6-c4ccccc4)c4ccccc34)cc2)cc1. The van der Waals surface area contributed by atoms with E-state index in [1.165, 1.54) is 109 Å². The minimum Gasteiger partial charge on any atom is -0.309 e. The Balaban J connectivity index is 1.05. The van der Waals surface area contributed by atoms with Crippen LogP contribution in [0.1, 0.15) is 5.56 Å². The zero-order chi connectivity index (χ0) is 41.6. The van der Waals surface area contributed by atoms with Crippen molar-refractivity contribution in [3.05, 3.63) is 224 Å². The second-order valence-corrected chi connectivity index (χ2v) is 16.7. The molecule has 0 radical (unpaired) electrons. The molecule has 0 spiro atoms. The van der Waals surface area contributed by atoms with Gasteiger partial charge in [-0.2, -0.15) is 5.26 Å². The quantitative estimate of drug-likeness (QED) is 0.129. The number of fused-ring (bicyclic) bond motifs is 12. The molecule has 0 amide bonds. The molecule has 0 saturated heterocycles. The Morgan fingerprint density at radius 3 is 1.33 bits per heavy atom. The number of hydrogen-bond acceptors (Lipinski definition) is 1. The van der Waals surface area contributed by atoms with Crippen LogP contribution >= 0.6 is 0 Å². The molecule has 0 fully saturated rings. The van der Waals surface area contributed by atoms with Gasteiger partial charge in [-0.05, 0) is 153 Å². The van der Waals surface area contributed by atoms with Gasteiger partial charge in [-0.15, -0.1) is 0 Å².